The summed E-state index contributed by atoms with van der Waals surface area (Å²) >= 11 is 17.5. The minimum atomic E-state index is -1.32. The molecule has 0 bridgehead atoms. The first-order valence-electron chi connectivity index (χ1n) is 35.2. The predicted octanol–water partition coefficient (Wildman–Crippen LogP) is 17.6. The third kappa shape index (κ3) is 25.4. The summed E-state index contributed by atoms with van der Waals surface area (Å²) in [4.78, 5) is 42.4. The molecule has 0 spiro atoms. The fourth-order valence-corrected chi connectivity index (χ4v) is 12.6. The largest absolute Gasteiger partial charge is 0.486 e. The van der Waals surface area contributed by atoms with Crippen molar-refractivity contribution < 1.29 is 37.0 Å². The van der Waals surface area contributed by atoms with Crippen molar-refractivity contribution in [1.82, 2.24) is 64.8 Å². The van der Waals surface area contributed by atoms with E-state index in [0.29, 0.717) is 104 Å². The number of anilines is 1. The first kappa shape index (κ1) is 81.9. The molecule has 2 aromatic carbocycles. The average Bonchev–Trinajstić information content (AvgIpc) is 1.65. The molecule has 0 saturated heterocycles. The Morgan fingerprint density at radius 3 is 1.80 bits per heavy atom. The molecule has 0 saturated carbocycles. The van der Waals surface area contributed by atoms with E-state index in [1.165, 1.54) is 77.0 Å². The van der Waals surface area contributed by atoms with Crippen LogP contribution in [0.1, 0.15) is 236 Å². The zero-order valence-electron chi connectivity index (χ0n) is 60.1. The molecule has 8 rings (SSSR count). The number of halogens is 3. The Morgan fingerprint density at radius 1 is 0.673 bits per heavy atom. The number of benzene rings is 2. The summed E-state index contributed by atoms with van der Waals surface area (Å²) in [6.45, 7) is 31.0. The summed E-state index contributed by atoms with van der Waals surface area (Å²) in [5, 5.41) is 37.5. The van der Waals surface area contributed by atoms with Crippen molar-refractivity contribution >= 4 is 86.3 Å². The molecule has 542 valence electrons. The number of aromatic nitrogens is 12. The number of rotatable bonds is 40. The van der Waals surface area contributed by atoms with Crippen LogP contribution in [-0.2, 0) is 60.6 Å². The summed E-state index contributed by atoms with van der Waals surface area (Å²) in [6.07, 6.45) is 23.6. The average molecular weight is 1440 g/mol. The lowest BCUT2D eigenvalue weighted by molar-refractivity contribution is -0.150. The molecule has 98 heavy (non-hydrogen) atoms. The molecule has 0 radical (unpaired) electrons. The maximum atomic E-state index is 12.9. The number of aromatic amines is 3. The van der Waals surface area contributed by atoms with Gasteiger partial charge in [-0.2, -0.15) is 4.63 Å². The van der Waals surface area contributed by atoms with Crippen LogP contribution in [-0.4, -0.2) is 99.9 Å². The monoisotopic (exact) mass is 1430 g/mol. The summed E-state index contributed by atoms with van der Waals surface area (Å²) in [6, 6.07) is 13.0. The number of hydrogen-bond acceptors (Lipinski definition) is 14. The zero-order chi connectivity index (χ0) is 71.7. The molecular formula is C72H109Cl3N14O8S. The van der Waals surface area contributed by atoms with Crippen LogP contribution in [0.3, 0.4) is 0 Å². The first-order valence-corrected chi connectivity index (χ1v) is 37.5. The fraction of sp³-hybridized carbons (Fsp3) is 0.597. The standard InChI is InChI=1S/C24H26ClN5O3.C24H43ClN4O2S.C22H36ClN5O3.C2H4/c1-5-19(33-20-11-6-14(2)12-15(20)3)24(31)26-17-7-9-18(10-8-17)32-13-21-27-28-23-22(25)16(4)29-30(21)23;1-4-6-8-10-12-14-16-21(17-15-13-11-9-7-5-2)19-32(30)31-18-22-26-27-24-23(25)20(3)28-29(22)24;1-6-9-11-17-25-19-18(23)16(26-28(19)27-17)14-24-21(30)22(4,5)13-15(8-3)20(29)31-12-10-7-2;1-2/h6-12,19,29H,5,13H2,1-4H3,(H,26,31);21,28H,4-19H2,1-3H3;15,26H,6-14H2,1-5H3,(H,24,30);1-2H2. The van der Waals surface area contributed by atoms with E-state index < -0.39 is 22.6 Å². The summed E-state index contributed by atoms with van der Waals surface area (Å²) in [5.41, 5.74) is 6.10. The van der Waals surface area contributed by atoms with Crippen molar-refractivity contribution in [2.45, 2.75) is 250 Å². The van der Waals surface area contributed by atoms with Crippen molar-refractivity contribution in [2.75, 3.05) is 17.7 Å². The SMILES string of the molecule is C=C.CCC(Oc1ccc(C)cc1C)C(=O)Nc1ccc(OCc2nnc3c(Cl)c(C)[nH]n23)cc1.CCCCCCCCC(CCCCCCCC)CS(=O)OCc1nnc2c(Cl)c(C)[nH]n12.CCCCOC(=O)C(CC)CC(C)(C)C(=O)NCc1[nH]n2nc(CCCC)nc2c1Cl. The third-order valence-electron chi connectivity index (χ3n) is 16.9. The van der Waals surface area contributed by atoms with Gasteiger partial charge in [0.1, 0.15) is 39.8 Å². The summed E-state index contributed by atoms with van der Waals surface area (Å²) < 4.78 is 40.5. The van der Waals surface area contributed by atoms with Crippen LogP contribution in [0.4, 0.5) is 5.69 Å². The normalized spacial score (nSPS) is 12.4. The van der Waals surface area contributed by atoms with Crippen molar-refractivity contribution in [3.05, 3.63) is 116 Å². The van der Waals surface area contributed by atoms with Crippen LogP contribution in [0, 0.1) is 44.9 Å². The lowest BCUT2D eigenvalue weighted by Gasteiger charge is -2.27. The number of ether oxygens (including phenoxy) is 3. The molecular weight excluding hydrogens is 1330 g/mol. The Bertz CT molecular complexity index is 3690. The van der Waals surface area contributed by atoms with E-state index in [2.05, 4.69) is 90.3 Å². The number of H-pyrrole nitrogens is 3. The molecule has 26 heteroatoms. The van der Waals surface area contributed by atoms with E-state index in [-0.39, 0.29) is 43.5 Å². The highest BCUT2D eigenvalue weighted by Gasteiger charge is 2.34. The minimum Gasteiger partial charge on any atom is -0.486 e. The zero-order valence-corrected chi connectivity index (χ0v) is 63.2. The van der Waals surface area contributed by atoms with Crippen LogP contribution in [0.2, 0.25) is 15.1 Å². The van der Waals surface area contributed by atoms with E-state index in [4.69, 9.17) is 53.2 Å². The van der Waals surface area contributed by atoms with Crippen LogP contribution >= 0.6 is 34.8 Å². The van der Waals surface area contributed by atoms with Gasteiger partial charge in [-0.1, -0.05) is 198 Å². The quantitative estimate of drug-likeness (QED) is 0.0136. The molecule has 3 unspecified atom stereocenters. The number of nitrogens with one attached hydrogen (secondary N) is 5. The van der Waals surface area contributed by atoms with Gasteiger partial charge in [0.25, 0.3) is 5.91 Å². The van der Waals surface area contributed by atoms with Gasteiger partial charge in [-0.25, -0.2) is 18.2 Å². The Morgan fingerprint density at radius 2 is 1.24 bits per heavy atom. The highest BCUT2D eigenvalue weighted by atomic mass is 35.5. The van der Waals surface area contributed by atoms with Crippen molar-refractivity contribution in [1.29, 1.82) is 0 Å². The van der Waals surface area contributed by atoms with Gasteiger partial charge in [0.2, 0.25) is 5.91 Å². The second kappa shape index (κ2) is 43.0. The van der Waals surface area contributed by atoms with Gasteiger partial charge in [0, 0.05) is 17.5 Å². The van der Waals surface area contributed by atoms with Crippen molar-refractivity contribution in [2.24, 2.45) is 17.3 Å². The highest BCUT2D eigenvalue weighted by Crippen LogP contribution is 2.31. The number of esters is 1. The molecule has 0 aliphatic heterocycles. The number of carbonyl (C=O) groups excluding carboxylic acids is 3. The molecule has 6 heterocycles. The van der Waals surface area contributed by atoms with Gasteiger partial charge < -0.3 is 24.8 Å². The smallest absolute Gasteiger partial charge is 0.308 e. The van der Waals surface area contributed by atoms with Gasteiger partial charge in [-0.15, -0.1) is 38.7 Å². The maximum Gasteiger partial charge on any atom is 0.308 e. The number of unbranched alkanes of at least 4 members (excludes halogenated alkanes) is 12. The molecule has 0 aliphatic carbocycles. The van der Waals surface area contributed by atoms with E-state index in [1.807, 2.05) is 80.5 Å². The highest BCUT2D eigenvalue weighted by molar-refractivity contribution is 7.80. The molecule has 6 aromatic heterocycles. The van der Waals surface area contributed by atoms with Crippen LogP contribution in [0.15, 0.2) is 55.6 Å². The van der Waals surface area contributed by atoms with E-state index in [1.54, 1.807) is 37.9 Å². The number of aryl methyl sites for hydroxylation is 5. The van der Waals surface area contributed by atoms with E-state index in [0.717, 1.165) is 73.3 Å². The Labute approximate surface area is 597 Å². The number of amides is 2. The van der Waals surface area contributed by atoms with Gasteiger partial charge >= 0.3 is 5.97 Å². The Balaban J connectivity index is 0.000000262. The topological polar surface area (TPSA) is 267 Å². The number of fused-ring (bicyclic) bond motifs is 3. The third-order valence-corrected chi connectivity index (χ3v) is 19.3. The molecule has 22 nitrogen and oxygen atoms in total. The Kier molecular flexibility index (Phi) is 35.9. The maximum absolute atomic E-state index is 12.9. The van der Waals surface area contributed by atoms with Gasteiger partial charge in [0.15, 0.2) is 51.6 Å². The van der Waals surface area contributed by atoms with Gasteiger partial charge in [-0.05, 0) is 114 Å². The lowest BCUT2D eigenvalue weighted by Crippen LogP contribution is -2.39. The van der Waals surface area contributed by atoms with Crippen LogP contribution < -0.4 is 20.1 Å². The second-order valence-corrected chi connectivity index (χ2v) is 27.9. The minimum absolute atomic E-state index is 0.146. The molecule has 0 fully saturated rings. The van der Waals surface area contributed by atoms with E-state index in [9.17, 15) is 18.6 Å². The van der Waals surface area contributed by atoms with Crippen molar-refractivity contribution in [3.8, 4) is 11.5 Å². The Hall–Kier alpha value is -6.79. The summed E-state index contributed by atoms with van der Waals surface area (Å²) in [5.74, 6) is 3.50. The van der Waals surface area contributed by atoms with Gasteiger partial charge in [-0.3, -0.25) is 33.9 Å². The predicted molar refractivity (Wildman–Crippen MR) is 394 cm³/mol. The van der Waals surface area contributed by atoms with Crippen LogP contribution in [0.25, 0.3) is 16.9 Å². The first-order chi connectivity index (χ1) is 47.1. The molecule has 5 N–H and O–H groups in total. The fourth-order valence-electron chi connectivity index (χ4n) is 11.0. The molecule has 2 amide bonds. The molecule has 3 atom stereocenters. The molecule has 0 aliphatic rings. The van der Waals surface area contributed by atoms with Crippen molar-refractivity contribution in [3.63, 3.8) is 0 Å². The number of nitrogens with zero attached hydrogens (tertiary/aromatic N) is 9. The van der Waals surface area contributed by atoms with Crippen LogP contribution in [0.5, 0.6) is 11.5 Å². The van der Waals surface area contributed by atoms with Gasteiger partial charge in [0.05, 0.1) is 41.9 Å². The summed E-state index contributed by atoms with van der Waals surface area (Å²) in [7, 11) is 0. The number of carbonyl (C=O) groups is 3. The number of hydrogen-bond donors (Lipinski definition) is 5. The molecule has 8 aromatic rings. The second-order valence-electron chi connectivity index (χ2n) is 25.6. The lowest BCUT2D eigenvalue weighted by atomic mass is 9.81. The van der Waals surface area contributed by atoms with E-state index >= 15 is 0 Å².